The van der Waals surface area contributed by atoms with E-state index in [-0.39, 0.29) is 11.7 Å². The van der Waals surface area contributed by atoms with Crippen molar-refractivity contribution in [3.8, 4) is 11.1 Å². The van der Waals surface area contributed by atoms with E-state index in [4.69, 9.17) is 0 Å². The molecule has 0 saturated carbocycles. The monoisotopic (exact) mass is 285 g/mol. The third-order valence-corrected chi connectivity index (χ3v) is 4.18. The minimum Gasteiger partial charge on any atom is -0.359 e. The van der Waals surface area contributed by atoms with Crippen molar-refractivity contribution in [2.75, 3.05) is 0 Å². The number of rotatable bonds is 2. The Morgan fingerprint density at radius 3 is 2.14 bits per heavy atom. The summed E-state index contributed by atoms with van der Waals surface area (Å²) in [5, 5.41) is 3.09. The van der Waals surface area contributed by atoms with Crippen molar-refractivity contribution in [1.29, 1.82) is 0 Å². The summed E-state index contributed by atoms with van der Waals surface area (Å²) < 4.78 is 0. The predicted molar refractivity (Wildman–Crippen MR) is 88.2 cm³/mol. The Morgan fingerprint density at radius 1 is 0.818 bits per heavy atom. The normalized spacial score (nSPS) is 15.5. The lowest BCUT2D eigenvalue weighted by Gasteiger charge is -2.14. The first kappa shape index (κ1) is 12.8. The van der Waals surface area contributed by atoms with Crippen LogP contribution >= 0.6 is 0 Å². The molecule has 0 amide bonds. The SMILES string of the molecule is O=C(C1=CC=CC=CN1)C1c2ccccc2-c2ccccc21. The third kappa shape index (κ3) is 1.92. The molecule has 0 aromatic heterocycles. The molecule has 22 heavy (non-hydrogen) atoms. The average Bonchev–Trinajstić information content (AvgIpc) is 2.72. The van der Waals surface area contributed by atoms with Crippen LogP contribution in [0.15, 0.2) is 84.7 Å². The van der Waals surface area contributed by atoms with Gasteiger partial charge in [0.25, 0.3) is 0 Å². The minimum absolute atomic E-state index is 0.105. The fourth-order valence-corrected chi connectivity index (χ4v) is 3.20. The number of benzene rings is 2. The maximum atomic E-state index is 13.1. The van der Waals surface area contributed by atoms with E-state index < -0.39 is 0 Å². The summed E-state index contributed by atoms with van der Waals surface area (Å²) in [5.74, 6) is -0.125. The van der Waals surface area contributed by atoms with Gasteiger partial charge in [-0.1, -0.05) is 60.7 Å². The molecule has 0 radical (unpaired) electrons. The topological polar surface area (TPSA) is 29.1 Å². The van der Waals surface area contributed by atoms with E-state index >= 15 is 0 Å². The largest absolute Gasteiger partial charge is 0.359 e. The van der Waals surface area contributed by atoms with Crippen LogP contribution in [0.3, 0.4) is 0 Å². The zero-order chi connectivity index (χ0) is 14.9. The number of nitrogens with one attached hydrogen (secondary N) is 1. The van der Waals surface area contributed by atoms with Gasteiger partial charge in [0.05, 0.1) is 11.6 Å². The first-order chi connectivity index (χ1) is 10.9. The van der Waals surface area contributed by atoms with Crippen molar-refractivity contribution in [3.05, 3.63) is 95.9 Å². The second-order valence-corrected chi connectivity index (χ2v) is 5.44. The first-order valence-corrected chi connectivity index (χ1v) is 7.39. The first-order valence-electron chi connectivity index (χ1n) is 7.39. The summed E-state index contributed by atoms with van der Waals surface area (Å²) in [6.45, 7) is 0. The Morgan fingerprint density at radius 2 is 1.45 bits per heavy atom. The molecule has 2 aliphatic rings. The van der Waals surface area contributed by atoms with Crippen LogP contribution in [0.2, 0.25) is 0 Å². The van der Waals surface area contributed by atoms with Crippen molar-refractivity contribution in [1.82, 2.24) is 5.32 Å². The zero-order valence-electron chi connectivity index (χ0n) is 12.0. The van der Waals surface area contributed by atoms with Gasteiger partial charge >= 0.3 is 0 Å². The van der Waals surface area contributed by atoms with Crippen LogP contribution in [0.1, 0.15) is 17.0 Å². The number of hydrogen-bond donors (Lipinski definition) is 1. The molecule has 0 atom stereocenters. The molecule has 0 saturated heterocycles. The summed E-state index contributed by atoms with van der Waals surface area (Å²) in [5.41, 5.74) is 5.14. The summed E-state index contributed by atoms with van der Waals surface area (Å²) in [7, 11) is 0. The fraction of sp³-hybridized carbons (Fsp3) is 0.0500. The average molecular weight is 285 g/mol. The van der Waals surface area contributed by atoms with Crippen molar-refractivity contribution in [2.45, 2.75) is 5.92 Å². The smallest absolute Gasteiger partial charge is 0.190 e. The molecular weight excluding hydrogens is 270 g/mol. The van der Waals surface area contributed by atoms with E-state index in [0.29, 0.717) is 5.70 Å². The molecule has 2 heteroatoms. The molecule has 106 valence electrons. The van der Waals surface area contributed by atoms with Crippen LogP contribution in [0, 0.1) is 0 Å². The van der Waals surface area contributed by atoms with Crippen LogP contribution in [0.4, 0.5) is 0 Å². The molecule has 1 heterocycles. The maximum absolute atomic E-state index is 13.1. The van der Waals surface area contributed by atoms with Gasteiger partial charge in [0.15, 0.2) is 5.78 Å². The highest BCUT2D eigenvalue weighted by atomic mass is 16.1. The van der Waals surface area contributed by atoms with Gasteiger partial charge in [0, 0.05) is 6.20 Å². The Labute approximate surface area is 129 Å². The van der Waals surface area contributed by atoms with Crippen molar-refractivity contribution >= 4 is 5.78 Å². The van der Waals surface area contributed by atoms with E-state index in [0.717, 1.165) is 22.3 Å². The second-order valence-electron chi connectivity index (χ2n) is 5.44. The van der Waals surface area contributed by atoms with Gasteiger partial charge in [-0.3, -0.25) is 4.79 Å². The third-order valence-electron chi connectivity index (χ3n) is 4.18. The molecule has 4 rings (SSSR count). The molecule has 2 aromatic carbocycles. The molecule has 1 aliphatic heterocycles. The van der Waals surface area contributed by atoms with Crippen molar-refractivity contribution < 1.29 is 4.79 Å². The minimum atomic E-state index is -0.231. The molecule has 0 unspecified atom stereocenters. The number of allylic oxidation sites excluding steroid dienone is 5. The summed E-state index contributed by atoms with van der Waals surface area (Å²) >= 11 is 0. The summed E-state index contributed by atoms with van der Waals surface area (Å²) in [4.78, 5) is 13.1. The van der Waals surface area contributed by atoms with Crippen LogP contribution in [-0.4, -0.2) is 5.78 Å². The molecule has 2 aromatic rings. The van der Waals surface area contributed by atoms with Gasteiger partial charge < -0.3 is 5.32 Å². The molecule has 1 aliphatic carbocycles. The van der Waals surface area contributed by atoms with Crippen LogP contribution in [0.5, 0.6) is 0 Å². The highest BCUT2D eigenvalue weighted by molar-refractivity contribution is 6.06. The van der Waals surface area contributed by atoms with Crippen LogP contribution in [0.25, 0.3) is 11.1 Å². The Bertz CT molecular complexity index is 797. The molecule has 0 spiro atoms. The van der Waals surface area contributed by atoms with E-state index in [1.807, 2.05) is 48.6 Å². The second kappa shape index (κ2) is 5.15. The Balaban J connectivity index is 1.85. The van der Waals surface area contributed by atoms with E-state index in [2.05, 4.69) is 29.6 Å². The highest BCUT2D eigenvalue weighted by Crippen LogP contribution is 2.45. The van der Waals surface area contributed by atoms with Gasteiger partial charge in [-0.25, -0.2) is 0 Å². The zero-order valence-corrected chi connectivity index (χ0v) is 12.0. The number of ketones is 1. The molecule has 2 nitrogen and oxygen atoms in total. The highest BCUT2D eigenvalue weighted by Gasteiger charge is 2.34. The summed E-state index contributed by atoms with van der Waals surface area (Å²) in [6.07, 6.45) is 9.31. The van der Waals surface area contributed by atoms with Crippen molar-refractivity contribution in [2.24, 2.45) is 0 Å². The van der Waals surface area contributed by atoms with Gasteiger partial charge in [-0.2, -0.15) is 0 Å². The number of Topliss-reactive ketones (excluding diaryl/α,β-unsaturated/α-hetero) is 1. The number of fused-ring (bicyclic) bond motifs is 3. The van der Waals surface area contributed by atoms with Gasteiger partial charge in [0.2, 0.25) is 0 Å². The number of carbonyl (C=O) groups excluding carboxylic acids is 1. The van der Waals surface area contributed by atoms with E-state index in [9.17, 15) is 4.79 Å². The number of hydrogen-bond acceptors (Lipinski definition) is 2. The lowest BCUT2D eigenvalue weighted by molar-refractivity contribution is -0.116. The van der Waals surface area contributed by atoms with Crippen molar-refractivity contribution in [3.63, 3.8) is 0 Å². The van der Waals surface area contributed by atoms with Gasteiger partial charge in [-0.05, 0) is 34.4 Å². The van der Waals surface area contributed by atoms with E-state index in [1.54, 1.807) is 6.20 Å². The quantitative estimate of drug-likeness (QED) is 0.906. The molecular formula is C20H15NO. The molecule has 0 bridgehead atoms. The molecule has 1 N–H and O–H groups in total. The van der Waals surface area contributed by atoms with E-state index in [1.165, 1.54) is 0 Å². The van der Waals surface area contributed by atoms with Crippen LogP contribution < -0.4 is 5.32 Å². The Kier molecular flexibility index (Phi) is 3.01. The number of carbonyl (C=O) groups is 1. The fourth-order valence-electron chi connectivity index (χ4n) is 3.20. The van der Waals surface area contributed by atoms with Gasteiger partial charge in [-0.15, -0.1) is 0 Å². The maximum Gasteiger partial charge on any atom is 0.190 e. The van der Waals surface area contributed by atoms with Gasteiger partial charge in [0.1, 0.15) is 0 Å². The predicted octanol–water partition coefficient (Wildman–Crippen LogP) is 3.93. The lowest BCUT2D eigenvalue weighted by Crippen LogP contribution is -2.21. The molecule has 0 fully saturated rings. The standard InChI is InChI=1S/C20H15NO/c22-20(18-12-2-1-7-13-21-18)19-16-10-5-3-8-14(16)15-9-4-6-11-17(15)19/h1-13,19,21H. The summed E-state index contributed by atoms with van der Waals surface area (Å²) in [6, 6.07) is 16.3. The Hall–Kier alpha value is -2.87. The van der Waals surface area contributed by atoms with Crippen LogP contribution in [-0.2, 0) is 4.79 Å². The lowest BCUT2D eigenvalue weighted by atomic mass is 9.91.